The molecule has 16 heavy (non-hydrogen) atoms. The third kappa shape index (κ3) is 2.81. The number of rotatable bonds is 3. The molecule has 0 saturated heterocycles. The highest BCUT2D eigenvalue weighted by Gasteiger charge is 1.99. The monoisotopic (exact) mass is 209 g/mol. The van der Waals surface area contributed by atoms with Gasteiger partial charge >= 0.3 is 0 Å². The Morgan fingerprint density at radius 1 is 0.812 bits per heavy atom. The molecule has 2 rings (SSSR count). The summed E-state index contributed by atoms with van der Waals surface area (Å²) in [5.74, 6) is 0. The molecule has 0 aliphatic carbocycles. The van der Waals surface area contributed by atoms with Gasteiger partial charge in [-0.2, -0.15) is 0 Å². The van der Waals surface area contributed by atoms with Crippen LogP contribution in [0.5, 0.6) is 0 Å². The summed E-state index contributed by atoms with van der Waals surface area (Å²) in [5.41, 5.74) is 8.36. The second-order valence-corrected chi connectivity index (χ2v) is 3.71. The summed E-state index contributed by atoms with van der Waals surface area (Å²) in [6.07, 6.45) is 4.07. The normalized spacial score (nSPS) is 12.8. The van der Waals surface area contributed by atoms with Crippen molar-refractivity contribution in [2.75, 3.05) is 0 Å². The van der Waals surface area contributed by atoms with Crippen molar-refractivity contribution >= 4 is 6.08 Å². The molecule has 1 nitrogen and oxygen atoms in total. The number of hydrogen-bond donors (Lipinski definition) is 1. The predicted octanol–water partition coefficient (Wildman–Crippen LogP) is 3.40. The van der Waals surface area contributed by atoms with E-state index in [4.69, 9.17) is 5.73 Å². The molecular weight excluding hydrogens is 194 g/mol. The van der Waals surface area contributed by atoms with E-state index < -0.39 is 0 Å². The lowest BCUT2D eigenvalue weighted by molar-refractivity contribution is 0.916. The third-order valence-corrected chi connectivity index (χ3v) is 2.48. The second kappa shape index (κ2) is 5.29. The van der Waals surface area contributed by atoms with Crippen LogP contribution in [-0.4, -0.2) is 0 Å². The van der Waals surface area contributed by atoms with Crippen LogP contribution in [0.3, 0.4) is 0 Å². The van der Waals surface area contributed by atoms with Crippen LogP contribution in [0, 0.1) is 0 Å². The fraction of sp³-hybridized carbons (Fsp3) is 0.0667. The van der Waals surface area contributed by atoms with E-state index in [-0.39, 0.29) is 6.04 Å². The predicted molar refractivity (Wildman–Crippen MR) is 68.8 cm³/mol. The van der Waals surface area contributed by atoms with Gasteiger partial charge in [0.25, 0.3) is 0 Å². The maximum Gasteiger partial charge on any atom is 0.0484 e. The first kappa shape index (κ1) is 10.7. The van der Waals surface area contributed by atoms with Crippen LogP contribution in [0.2, 0.25) is 0 Å². The lowest BCUT2D eigenvalue weighted by Gasteiger charge is -2.05. The summed E-state index contributed by atoms with van der Waals surface area (Å²) < 4.78 is 0. The van der Waals surface area contributed by atoms with Crippen molar-refractivity contribution < 1.29 is 0 Å². The fourth-order valence-corrected chi connectivity index (χ4v) is 1.57. The first-order valence-electron chi connectivity index (χ1n) is 5.40. The first-order chi connectivity index (χ1) is 7.86. The van der Waals surface area contributed by atoms with Crippen molar-refractivity contribution in [3.05, 3.63) is 77.9 Å². The zero-order valence-corrected chi connectivity index (χ0v) is 9.08. The minimum atomic E-state index is -0.0404. The SMILES string of the molecule is N[C@H](C=Cc1ccccc1)c1ccccc1. The Labute approximate surface area is 96.2 Å². The number of benzene rings is 2. The standard InChI is InChI=1S/C15H15N/c16-15(14-9-5-2-6-10-14)12-11-13-7-3-1-4-8-13/h1-12,15H,16H2/t15-/m1/s1. The van der Waals surface area contributed by atoms with Crippen molar-refractivity contribution in [2.24, 2.45) is 5.73 Å². The molecule has 0 amide bonds. The molecule has 1 atom stereocenters. The first-order valence-corrected chi connectivity index (χ1v) is 5.40. The van der Waals surface area contributed by atoms with Crippen molar-refractivity contribution in [3.8, 4) is 0 Å². The topological polar surface area (TPSA) is 26.0 Å². The maximum absolute atomic E-state index is 6.06. The number of hydrogen-bond acceptors (Lipinski definition) is 1. The lowest BCUT2D eigenvalue weighted by Crippen LogP contribution is -2.06. The number of nitrogens with two attached hydrogens (primary N) is 1. The van der Waals surface area contributed by atoms with Gasteiger partial charge in [-0.1, -0.05) is 72.8 Å². The highest BCUT2D eigenvalue weighted by Crippen LogP contribution is 2.12. The van der Waals surface area contributed by atoms with Gasteiger partial charge in [0.1, 0.15) is 0 Å². The van der Waals surface area contributed by atoms with Crippen LogP contribution in [0.15, 0.2) is 66.7 Å². The van der Waals surface area contributed by atoms with E-state index in [1.165, 1.54) is 5.56 Å². The van der Waals surface area contributed by atoms with E-state index in [1.54, 1.807) is 0 Å². The Balaban J connectivity index is 2.08. The third-order valence-electron chi connectivity index (χ3n) is 2.48. The van der Waals surface area contributed by atoms with E-state index in [9.17, 15) is 0 Å². The van der Waals surface area contributed by atoms with Crippen molar-refractivity contribution in [1.82, 2.24) is 0 Å². The highest BCUT2D eigenvalue weighted by molar-refractivity contribution is 5.50. The highest BCUT2D eigenvalue weighted by atomic mass is 14.6. The molecular formula is C15H15N. The summed E-state index contributed by atoms with van der Waals surface area (Å²) >= 11 is 0. The minimum Gasteiger partial charge on any atom is -0.321 e. The Morgan fingerprint density at radius 2 is 1.38 bits per heavy atom. The minimum absolute atomic E-state index is 0.0404. The molecule has 0 bridgehead atoms. The van der Waals surface area contributed by atoms with Gasteiger partial charge in [0, 0.05) is 6.04 Å². The van der Waals surface area contributed by atoms with E-state index in [0.717, 1.165) is 5.56 Å². The van der Waals surface area contributed by atoms with Crippen LogP contribution in [-0.2, 0) is 0 Å². The molecule has 0 aromatic heterocycles. The van der Waals surface area contributed by atoms with Gasteiger partial charge in [0.05, 0.1) is 0 Å². The van der Waals surface area contributed by atoms with E-state index in [1.807, 2.05) is 54.6 Å². The van der Waals surface area contributed by atoms with Gasteiger partial charge in [-0.15, -0.1) is 0 Å². The van der Waals surface area contributed by atoms with Crippen LogP contribution in [0.1, 0.15) is 17.2 Å². The summed E-state index contributed by atoms with van der Waals surface area (Å²) in [4.78, 5) is 0. The molecule has 0 saturated carbocycles. The molecule has 0 heterocycles. The van der Waals surface area contributed by atoms with Crippen molar-refractivity contribution in [1.29, 1.82) is 0 Å². The van der Waals surface area contributed by atoms with Gasteiger partial charge in [-0.3, -0.25) is 0 Å². The van der Waals surface area contributed by atoms with Crippen LogP contribution < -0.4 is 5.73 Å². The quantitative estimate of drug-likeness (QED) is 0.823. The van der Waals surface area contributed by atoms with Crippen LogP contribution >= 0.6 is 0 Å². The zero-order chi connectivity index (χ0) is 11.2. The van der Waals surface area contributed by atoms with Crippen LogP contribution in [0.25, 0.3) is 6.08 Å². The van der Waals surface area contributed by atoms with Crippen LogP contribution in [0.4, 0.5) is 0 Å². The summed E-state index contributed by atoms with van der Waals surface area (Å²) in [5, 5.41) is 0. The summed E-state index contributed by atoms with van der Waals surface area (Å²) in [6, 6.07) is 20.2. The largest absolute Gasteiger partial charge is 0.321 e. The molecule has 80 valence electrons. The molecule has 0 aliphatic heterocycles. The average molecular weight is 209 g/mol. The Kier molecular flexibility index (Phi) is 3.52. The lowest BCUT2D eigenvalue weighted by atomic mass is 10.1. The smallest absolute Gasteiger partial charge is 0.0484 e. The molecule has 0 aliphatic rings. The molecule has 2 aromatic rings. The molecule has 2 aromatic carbocycles. The molecule has 0 radical (unpaired) electrons. The summed E-state index contributed by atoms with van der Waals surface area (Å²) in [6.45, 7) is 0. The Bertz CT molecular complexity index is 445. The molecule has 1 heteroatoms. The van der Waals surface area contributed by atoms with Gasteiger partial charge in [0.15, 0.2) is 0 Å². The second-order valence-electron chi connectivity index (χ2n) is 3.71. The van der Waals surface area contributed by atoms with Crippen molar-refractivity contribution in [3.63, 3.8) is 0 Å². The molecule has 2 N–H and O–H groups in total. The van der Waals surface area contributed by atoms with Gasteiger partial charge in [0.2, 0.25) is 0 Å². The van der Waals surface area contributed by atoms with Gasteiger partial charge in [-0.05, 0) is 11.1 Å². The van der Waals surface area contributed by atoms with E-state index in [2.05, 4.69) is 18.2 Å². The van der Waals surface area contributed by atoms with Crippen molar-refractivity contribution in [2.45, 2.75) is 6.04 Å². The molecule has 0 spiro atoms. The molecule has 0 unspecified atom stereocenters. The van der Waals surface area contributed by atoms with Gasteiger partial charge in [-0.25, -0.2) is 0 Å². The zero-order valence-electron chi connectivity index (χ0n) is 9.08. The summed E-state index contributed by atoms with van der Waals surface area (Å²) in [7, 11) is 0. The average Bonchev–Trinajstić information content (AvgIpc) is 2.38. The van der Waals surface area contributed by atoms with E-state index in [0.29, 0.717) is 0 Å². The Hall–Kier alpha value is -1.86. The molecule has 0 fully saturated rings. The van der Waals surface area contributed by atoms with Gasteiger partial charge < -0.3 is 5.73 Å². The van der Waals surface area contributed by atoms with E-state index >= 15 is 0 Å². The fourth-order valence-electron chi connectivity index (χ4n) is 1.57. The maximum atomic E-state index is 6.06. The Morgan fingerprint density at radius 3 is 2.00 bits per heavy atom.